The number of rotatable bonds is 6. The van der Waals surface area contributed by atoms with Gasteiger partial charge < -0.3 is 19.7 Å². The molecule has 30 heavy (non-hydrogen) atoms. The molecule has 7 heteroatoms. The summed E-state index contributed by atoms with van der Waals surface area (Å²) in [4.78, 5) is 24.5. The van der Waals surface area contributed by atoms with Crippen molar-refractivity contribution in [3.63, 3.8) is 0 Å². The smallest absolute Gasteiger partial charge is 0.258 e. The summed E-state index contributed by atoms with van der Waals surface area (Å²) in [6.07, 6.45) is 1.73. The summed E-state index contributed by atoms with van der Waals surface area (Å²) in [6, 6.07) is 15.2. The molecular formula is C23H26N4O3. The van der Waals surface area contributed by atoms with Crippen LogP contribution in [0, 0.1) is 5.92 Å². The van der Waals surface area contributed by atoms with Crippen molar-refractivity contribution in [1.82, 2.24) is 9.97 Å². The lowest BCUT2D eigenvalue weighted by Gasteiger charge is -2.33. The molecule has 1 atom stereocenters. The molecule has 1 aromatic heterocycles. The van der Waals surface area contributed by atoms with Gasteiger partial charge in [0.05, 0.1) is 30.7 Å². The Bertz CT molecular complexity index is 1040. The van der Waals surface area contributed by atoms with E-state index in [1.54, 1.807) is 7.11 Å². The molecule has 2 aromatic carbocycles. The third-order valence-corrected chi connectivity index (χ3v) is 5.23. The molecule has 1 aliphatic heterocycles. The zero-order valence-electron chi connectivity index (χ0n) is 17.3. The maximum Gasteiger partial charge on any atom is 0.258 e. The Morgan fingerprint density at radius 1 is 1.17 bits per heavy atom. The van der Waals surface area contributed by atoms with Crippen LogP contribution in [0.2, 0.25) is 0 Å². The van der Waals surface area contributed by atoms with Crippen molar-refractivity contribution < 1.29 is 14.3 Å². The molecule has 0 bridgehead atoms. The van der Waals surface area contributed by atoms with Crippen LogP contribution >= 0.6 is 0 Å². The number of carbonyl (C=O) groups is 1. The number of ether oxygens (including phenoxy) is 2. The van der Waals surface area contributed by atoms with E-state index < -0.39 is 0 Å². The highest BCUT2D eigenvalue weighted by atomic mass is 16.5. The van der Waals surface area contributed by atoms with E-state index in [1.807, 2.05) is 55.5 Å². The van der Waals surface area contributed by atoms with Gasteiger partial charge in [-0.15, -0.1) is 0 Å². The molecule has 0 spiro atoms. The number of piperidine rings is 1. The van der Waals surface area contributed by atoms with Crippen molar-refractivity contribution in [1.29, 1.82) is 0 Å². The maximum atomic E-state index is 12.9. The van der Waals surface area contributed by atoms with Gasteiger partial charge in [-0.2, -0.15) is 0 Å². The number of benzene rings is 2. The summed E-state index contributed by atoms with van der Waals surface area (Å²) < 4.78 is 11.0. The number of nitrogens with zero attached hydrogens (tertiary/aromatic N) is 3. The van der Waals surface area contributed by atoms with E-state index in [2.05, 4.69) is 15.2 Å². The van der Waals surface area contributed by atoms with E-state index in [1.165, 1.54) is 0 Å². The molecule has 0 saturated carbocycles. The van der Waals surface area contributed by atoms with Gasteiger partial charge in [0.2, 0.25) is 5.91 Å². The Morgan fingerprint density at radius 2 is 1.97 bits per heavy atom. The van der Waals surface area contributed by atoms with Crippen LogP contribution in [0.25, 0.3) is 11.0 Å². The Morgan fingerprint density at radius 3 is 2.73 bits per heavy atom. The number of aromatic nitrogens is 2. The van der Waals surface area contributed by atoms with Crippen molar-refractivity contribution in [2.45, 2.75) is 19.8 Å². The van der Waals surface area contributed by atoms with Gasteiger partial charge in [0, 0.05) is 24.8 Å². The fraction of sp³-hybridized carbons (Fsp3) is 0.348. The summed E-state index contributed by atoms with van der Waals surface area (Å²) in [7, 11) is 1.61. The third kappa shape index (κ3) is 4.30. The van der Waals surface area contributed by atoms with Crippen LogP contribution in [0.15, 0.2) is 48.5 Å². The van der Waals surface area contributed by atoms with Crippen LogP contribution in [-0.4, -0.2) is 42.7 Å². The molecule has 1 fully saturated rings. The minimum absolute atomic E-state index is 0.000314. The standard InChI is InChI=1S/C23H26N4O3/c1-3-30-23-21(25-19-11-4-5-12-20(19)26-23)27-13-7-8-16(15-27)22(28)24-17-9-6-10-18(14-17)29-2/h4-6,9-12,14,16H,3,7-8,13,15H2,1-2H3,(H,24,28). The molecule has 1 saturated heterocycles. The second-order valence-electron chi connectivity index (χ2n) is 7.28. The average Bonchev–Trinajstić information content (AvgIpc) is 2.79. The monoisotopic (exact) mass is 406 g/mol. The molecule has 156 valence electrons. The first-order chi connectivity index (χ1) is 14.7. The number of hydrogen-bond acceptors (Lipinski definition) is 6. The van der Waals surface area contributed by atoms with Gasteiger partial charge in [0.25, 0.3) is 5.88 Å². The Kier molecular flexibility index (Phi) is 5.97. The lowest BCUT2D eigenvalue weighted by atomic mass is 9.97. The number of anilines is 2. The zero-order valence-corrected chi connectivity index (χ0v) is 17.3. The largest absolute Gasteiger partial charge is 0.497 e. The first-order valence-corrected chi connectivity index (χ1v) is 10.3. The van der Waals surface area contributed by atoms with E-state index >= 15 is 0 Å². The number of nitrogens with one attached hydrogen (secondary N) is 1. The van der Waals surface area contributed by atoms with Crippen molar-refractivity contribution in [3.05, 3.63) is 48.5 Å². The molecule has 1 N–H and O–H groups in total. The molecule has 1 unspecified atom stereocenters. The van der Waals surface area contributed by atoms with Crippen LogP contribution in [0.5, 0.6) is 11.6 Å². The van der Waals surface area contributed by atoms with E-state index in [4.69, 9.17) is 14.5 Å². The minimum atomic E-state index is -0.146. The van der Waals surface area contributed by atoms with Crippen molar-refractivity contribution in [3.8, 4) is 11.6 Å². The summed E-state index contributed by atoms with van der Waals surface area (Å²) in [6.45, 7) is 3.83. The first kappa shape index (κ1) is 19.9. The minimum Gasteiger partial charge on any atom is -0.497 e. The second kappa shape index (κ2) is 8.98. The van der Waals surface area contributed by atoms with Crippen LogP contribution in [0.3, 0.4) is 0 Å². The third-order valence-electron chi connectivity index (χ3n) is 5.23. The van der Waals surface area contributed by atoms with Crippen molar-refractivity contribution >= 4 is 28.4 Å². The van der Waals surface area contributed by atoms with Crippen LogP contribution in [-0.2, 0) is 4.79 Å². The molecule has 7 nitrogen and oxygen atoms in total. The quantitative estimate of drug-likeness (QED) is 0.669. The van der Waals surface area contributed by atoms with Gasteiger partial charge in [-0.05, 0) is 44.0 Å². The molecule has 4 rings (SSSR count). The van der Waals surface area contributed by atoms with Gasteiger partial charge in [-0.3, -0.25) is 4.79 Å². The highest BCUT2D eigenvalue weighted by molar-refractivity contribution is 5.93. The van der Waals surface area contributed by atoms with Gasteiger partial charge in [0.1, 0.15) is 5.75 Å². The predicted octanol–water partition coefficient (Wildman–Crippen LogP) is 3.89. The molecule has 3 aromatic rings. The van der Waals surface area contributed by atoms with Crippen LogP contribution in [0.1, 0.15) is 19.8 Å². The van der Waals surface area contributed by atoms with Crippen LogP contribution in [0.4, 0.5) is 11.5 Å². The predicted molar refractivity (Wildman–Crippen MR) is 117 cm³/mol. The fourth-order valence-corrected chi connectivity index (χ4v) is 3.74. The van der Waals surface area contributed by atoms with Gasteiger partial charge in [0.15, 0.2) is 5.82 Å². The first-order valence-electron chi connectivity index (χ1n) is 10.3. The lowest BCUT2D eigenvalue weighted by Crippen LogP contribution is -2.41. The number of para-hydroxylation sites is 2. The number of carbonyl (C=O) groups excluding carboxylic acids is 1. The van der Waals surface area contributed by atoms with Crippen molar-refractivity contribution in [2.24, 2.45) is 5.92 Å². The Hall–Kier alpha value is -3.35. The van der Waals surface area contributed by atoms with Crippen LogP contribution < -0.4 is 19.7 Å². The lowest BCUT2D eigenvalue weighted by molar-refractivity contribution is -0.120. The van der Waals surface area contributed by atoms with E-state index in [0.717, 1.165) is 36.1 Å². The molecule has 1 aliphatic rings. The Balaban J connectivity index is 1.54. The highest BCUT2D eigenvalue weighted by Gasteiger charge is 2.29. The van der Waals surface area contributed by atoms with E-state index in [9.17, 15) is 4.79 Å². The molecular weight excluding hydrogens is 380 g/mol. The van der Waals surface area contributed by atoms with Crippen molar-refractivity contribution in [2.75, 3.05) is 37.0 Å². The highest BCUT2D eigenvalue weighted by Crippen LogP contribution is 2.31. The molecule has 0 radical (unpaired) electrons. The van der Waals surface area contributed by atoms with E-state index in [-0.39, 0.29) is 11.8 Å². The number of methoxy groups -OCH3 is 1. The zero-order chi connectivity index (χ0) is 20.9. The fourth-order valence-electron chi connectivity index (χ4n) is 3.74. The summed E-state index contributed by atoms with van der Waals surface area (Å²) in [5.41, 5.74) is 2.35. The molecule has 2 heterocycles. The van der Waals surface area contributed by atoms with Gasteiger partial charge in [-0.1, -0.05) is 18.2 Å². The average molecular weight is 406 g/mol. The number of hydrogen-bond donors (Lipinski definition) is 1. The number of fused-ring (bicyclic) bond motifs is 1. The topological polar surface area (TPSA) is 76.6 Å². The maximum absolute atomic E-state index is 12.9. The molecule has 0 aliphatic carbocycles. The molecule has 1 amide bonds. The summed E-state index contributed by atoms with van der Waals surface area (Å²) in [5.74, 6) is 1.79. The van der Waals surface area contributed by atoms with E-state index in [0.29, 0.717) is 30.6 Å². The summed E-state index contributed by atoms with van der Waals surface area (Å²) >= 11 is 0. The SMILES string of the molecule is CCOc1nc2ccccc2nc1N1CCCC(C(=O)Nc2cccc(OC)c2)C1. The van der Waals surface area contributed by atoms with Gasteiger partial charge >= 0.3 is 0 Å². The number of amides is 1. The summed E-state index contributed by atoms with van der Waals surface area (Å²) in [5, 5.41) is 3.01. The normalized spacial score (nSPS) is 16.3. The Labute approximate surface area is 176 Å². The van der Waals surface area contributed by atoms with Gasteiger partial charge in [-0.25, -0.2) is 9.97 Å². The second-order valence-corrected chi connectivity index (χ2v) is 7.28.